The summed E-state index contributed by atoms with van der Waals surface area (Å²) in [6, 6.07) is 9.63. The molecule has 0 spiro atoms. The van der Waals surface area contributed by atoms with Gasteiger partial charge >= 0.3 is 0 Å². The second-order valence-electron chi connectivity index (χ2n) is 3.29. The molecule has 1 aromatic rings. The van der Waals surface area contributed by atoms with Crippen molar-refractivity contribution in [2.75, 3.05) is 7.05 Å². The number of rotatable bonds is 3. The van der Waals surface area contributed by atoms with E-state index in [-0.39, 0.29) is 0 Å². The quantitative estimate of drug-likeness (QED) is 0.441. The van der Waals surface area contributed by atoms with Gasteiger partial charge in [-0.1, -0.05) is 24.1 Å². The van der Waals surface area contributed by atoms with Gasteiger partial charge in [-0.15, -0.1) is 0 Å². The highest BCUT2D eigenvalue weighted by atomic mass is 16.1. The molecule has 3 heteroatoms. The predicted octanol–water partition coefficient (Wildman–Crippen LogP) is 2.06. The maximum atomic E-state index is 10.5. The van der Waals surface area contributed by atoms with Crippen LogP contribution >= 0.6 is 0 Å². The minimum Gasteiger partial charge on any atom is -0.322 e. The number of hydrogen-bond donors (Lipinski definition) is 0. The van der Waals surface area contributed by atoms with Crippen molar-refractivity contribution in [3.8, 4) is 11.8 Å². The number of carbonyl (C=O) groups excluding carboxylic acids is 1. The van der Waals surface area contributed by atoms with Crippen molar-refractivity contribution in [1.82, 2.24) is 4.90 Å². The van der Waals surface area contributed by atoms with E-state index in [2.05, 4.69) is 16.8 Å². The highest BCUT2D eigenvalue weighted by molar-refractivity contribution is 5.58. The third kappa shape index (κ3) is 4.80. The number of nitrogens with zero attached hydrogens (tertiary/aromatic N) is 2. The minimum atomic E-state index is 0.547. The molecule has 86 valence electrons. The van der Waals surface area contributed by atoms with E-state index in [4.69, 9.17) is 0 Å². The molecule has 0 atom stereocenters. The van der Waals surface area contributed by atoms with Gasteiger partial charge < -0.3 is 4.90 Å². The third-order valence-electron chi connectivity index (χ3n) is 1.87. The van der Waals surface area contributed by atoms with Gasteiger partial charge in [-0.2, -0.15) is 0 Å². The van der Waals surface area contributed by atoms with Crippen LogP contribution in [0, 0.1) is 11.8 Å². The summed E-state index contributed by atoms with van der Waals surface area (Å²) in [5.74, 6) is 5.90. The van der Waals surface area contributed by atoms with Crippen LogP contribution in [0.5, 0.6) is 0 Å². The van der Waals surface area contributed by atoms with E-state index in [0.717, 1.165) is 5.56 Å². The summed E-state index contributed by atoms with van der Waals surface area (Å²) < 4.78 is 0. The highest BCUT2D eigenvalue weighted by Gasteiger charge is 1.91. The highest BCUT2D eigenvalue weighted by Crippen LogP contribution is 1.99. The molecule has 1 aromatic carbocycles. The minimum absolute atomic E-state index is 0.547. The molecule has 3 nitrogen and oxygen atoms in total. The van der Waals surface area contributed by atoms with Gasteiger partial charge in [0.15, 0.2) is 0 Å². The number of allylic oxidation sites excluding steroid dienone is 1. The summed E-state index contributed by atoms with van der Waals surface area (Å²) >= 11 is 0. The predicted molar refractivity (Wildman–Crippen MR) is 69.4 cm³/mol. The van der Waals surface area contributed by atoms with Crippen molar-refractivity contribution >= 4 is 12.6 Å². The van der Waals surface area contributed by atoms with Gasteiger partial charge in [0.25, 0.3) is 0 Å². The lowest BCUT2D eigenvalue weighted by atomic mass is 10.2. The zero-order valence-corrected chi connectivity index (χ0v) is 9.92. The van der Waals surface area contributed by atoms with E-state index >= 15 is 0 Å². The maximum Gasteiger partial charge on any atom is 0.213 e. The molecule has 0 heterocycles. The first kappa shape index (κ1) is 12.7. The van der Waals surface area contributed by atoms with Gasteiger partial charge in [-0.3, -0.25) is 9.79 Å². The van der Waals surface area contributed by atoms with E-state index in [9.17, 15) is 4.79 Å². The molecule has 0 saturated carbocycles. The second-order valence-corrected chi connectivity index (χ2v) is 3.29. The summed E-state index contributed by atoms with van der Waals surface area (Å²) in [5, 5.41) is 0. The third-order valence-corrected chi connectivity index (χ3v) is 1.87. The smallest absolute Gasteiger partial charge is 0.213 e. The van der Waals surface area contributed by atoms with E-state index < -0.39 is 0 Å². The molecule has 1 rings (SSSR count). The zero-order chi connectivity index (χ0) is 12.5. The van der Waals surface area contributed by atoms with Crippen LogP contribution in [0.4, 0.5) is 0 Å². The fraction of sp³-hybridized carbons (Fsp3) is 0.143. The van der Waals surface area contributed by atoms with Crippen LogP contribution in [0.3, 0.4) is 0 Å². The van der Waals surface area contributed by atoms with Crippen LogP contribution in [0.1, 0.15) is 12.5 Å². The fourth-order valence-electron chi connectivity index (χ4n) is 1.12. The van der Waals surface area contributed by atoms with Gasteiger partial charge in [0.05, 0.1) is 0 Å². The maximum absolute atomic E-state index is 10.5. The molecule has 0 N–H and O–H groups in total. The van der Waals surface area contributed by atoms with Crippen LogP contribution in [0.25, 0.3) is 0 Å². The second kappa shape index (κ2) is 7.02. The summed E-state index contributed by atoms with van der Waals surface area (Å²) in [4.78, 5) is 16.0. The Kier molecular flexibility index (Phi) is 5.26. The van der Waals surface area contributed by atoms with E-state index in [1.54, 1.807) is 26.4 Å². The largest absolute Gasteiger partial charge is 0.322 e. The molecule has 0 unspecified atom stereocenters. The van der Waals surface area contributed by atoms with Crippen LogP contribution in [0.15, 0.2) is 47.2 Å². The monoisotopic (exact) mass is 226 g/mol. The SMILES string of the molecule is CC=N/C(C#Cc1ccccc1)=C\N(C)C=O. The lowest BCUT2D eigenvalue weighted by molar-refractivity contribution is -0.115. The molecule has 0 aliphatic heterocycles. The van der Waals surface area contributed by atoms with Gasteiger partial charge in [0, 0.05) is 25.0 Å². The van der Waals surface area contributed by atoms with Gasteiger partial charge in [0.2, 0.25) is 6.41 Å². The molecule has 17 heavy (non-hydrogen) atoms. The lowest BCUT2D eigenvalue weighted by Gasteiger charge is -2.01. The first-order chi connectivity index (χ1) is 8.26. The number of hydrogen-bond acceptors (Lipinski definition) is 2. The fourth-order valence-corrected chi connectivity index (χ4v) is 1.12. The summed E-state index contributed by atoms with van der Waals surface area (Å²) in [6.07, 6.45) is 3.93. The molecule has 0 aliphatic rings. The Labute approximate surface area is 101 Å². The molecule has 0 aliphatic carbocycles. The van der Waals surface area contributed by atoms with Crippen molar-refractivity contribution < 1.29 is 4.79 Å². The van der Waals surface area contributed by atoms with Crippen LogP contribution in [-0.2, 0) is 4.79 Å². The lowest BCUT2D eigenvalue weighted by Crippen LogP contribution is -2.07. The van der Waals surface area contributed by atoms with Gasteiger partial charge in [-0.05, 0) is 25.0 Å². The van der Waals surface area contributed by atoms with Crippen molar-refractivity contribution in [3.05, 3.63) is 47.8 Å². The standard InChI is InChI=1S/C14H14N2O/c1-3-15-14(11-16(2)12-17)10-9-13-7-5-4-6-8-13/h3-8,11-12H,1-2H3/b14-11-,15-3?. The summed E-state index contributed by atoms with van der Waals surface area (Å²) in [6.45, 7) is 1.80. The van der Waals surface area contributed by atoms with Crippen molar-refractivity contribution in [2.24, 2.45) is 4.99 Å². The Bertz CT molecular complexity index is 478. The Morgan fingerprint density at radius 3 is 2.65 bits per heavy atom. The van der Waals surface area contributed by atoms with Crippen molar-refractivity contribution in [2.45, 2.75) is 6.92 Å². The first-order valence-corrected chi connectivity index (χ1v) is 5.21. The Morgan fingerprint density at radius 2 is 2.06 bits per heavy atom. The Hall–Kier alpha value is -2.34. The Morgan fingerprint density at radius 1 is 1.35 bits per heavy atom. The van der Waals surface area contributed by atoms with Crippen LogP contribution in [-0.4, -0.2) is 24.6 Å². The van der Waals surface area contributed by atoms with Crippen molar-refractivity contribution in [3.63, 3.8) is 0 Å². The normalized spacial score (nSPS) is 10.8. The average molecular weight is 226 g/mol. The molecular formula is C14H14N2O. The zero-order valence-electron chi connectivity index (χ0n) is 9.92. The Balaban J connectivity index is 2.92. The molecule has 0 radical (unpaired) electrons. The van der Waals surface area contributed by atoms with Gasteiger partial charge in [-0.25, -0.2) is 0 Å². The van der Waals surface area contributed by atoms with E-state index in [0.29, 0.717) is 12.1 Å². The van der Waals surface area contributed by atoms with Crippen molar-refractivity contribution in [1.29, 1.82) is 0 Å². The summed E-state index contributed by atoms with van der Waals surface area (Å²) in [5.41, 5.74) is 1.46. The number of amides is 1. The molecule has 0 bridgehead atoms. The number of carbonyl (C=O) groups is 1. The van der Waals surface area contributed by atoms with E-state index in [1.807, 2.05) is 30.3 Å². The topological polar surface area (TPSA) is 32.7 Å². The number of benzene rings is 1. The molecule has 0 fully saturated rings. The number of aliphatic imine (C=N–C) groups is 1. The van der Waals surface area contributed by atoms with Crippen LogP contribution in [0.2, 0.25) is 0 Å². The van der Waals surface area contributed by atoms with Gasteiger partial charge in [0.1, 0.15) is 5.70 Å². The average Bonchev–Trinajstić information content (AvgIpc) is 2.37. The van der Waals surface area contributed by atoms with E-state index in [1.165, 1.54) is 4.90 Å². The van der Waals surface area contributed by atoms with Crippen LogP contribution < -0.4 is 0 Å². The molecule has 0 aromatic heterocycles. The molecular weight excluding hydrogens is 212 g/mol. The summed E-state index contributed by atoms with van der Waals surface area (Å²) in [7, 11) is 1.64. The first-order valence-electron chi connectivity index (χ1n) is 5.21. The molecule has 1 amide bonds. The molecule has 0 saturated heterocycles.